The number of aromatic amines is 1. The van der Waals surface area contributed by atoms with Crippen LogP contribution in [-0.4, -0.2) is 96.7 Å². The second kappa shape index (κ2) is 15.5. The molecular formula is C32H38FN5O9. The van der Waals surface area contributed by atoms with Crippen LogP contribution in [0.3, 0.4) is 0 Å². The molecule has 1 fully saturated rings. The quantitative estimate of drug-likeness (QED) is 0.100. The third-order valence-electron chi connectivity index (χ3n) is 7.21. The molecule has 0 spiro atoms. The van der Waals surface area contributed by atoms with Crippen LogP contribution in [0.5, 0.6) is 11.5 Å². The van der Waals surface area contributed by atoms with E-state index < -0.39 is 47.3 Å². The van der Waals surface area contributed by atoms with Crippen LogP contribution in [0.25, 0.3) is 0 Å². The van der Waals surface area contributed by atoms with Gasteiger partial charge in [-0.05, 0) is 45.0 Å². The number of likely N-dealkylation sites (tertiary alicyclic amines) is 1. The lowest BCUT2D eigenvalue weighted by molar-refractivity contribution is -0.149. The number of halogens is 1. The Bertz CT molecular complexity index is 1560. The molecule has 15 heteroatoms. The van der Waals surface area contributed by atoms with Crippen molar-refractivity contribution in [3.05, 3.63) is 76.9 Å². The highest BCUT2D eigenvalue weighted by atomic mass is 19.1. The molecule has 1 aliphatic rings. The number of rotatable bonds is 14. The van der Waals surface area contributed by atoms with E-state index in [1.165, 1.54) is 54.6 Å². The zero-order valence-electron chi connectivity index (χ0n) is 26.5. The minimum absolute atomic E-state index is 0.0170. The molecule has 0 bridgehead atoms. The average molecular weight is 656 g/mol. The fourth-order valence-electron chi connectivity index (χ4n) is 4.69. The van der Waals surface area contributed by atoms with E-state index in [1.54, 1.807) is 27.0 Å². The Morgan fingerprint density at radius 1 is 1.09 bits per heavy atom. The van der Waals surface area contributed by atoms with Gasteiger partial charge in [-0.3, -0.25) is 19.5 Å². The topological polar surface area (TPSA) is 184 Å². The highest BCUT2D eigenvalue weighted by Gasteiger charge is 2.37. The van der Waals surface area contributed by atoms with E-state index in [0.29, 0.717) is 12.2 Å². The summed E-state index contributed by atoms with van der Waals surface area (Å²) in [6.07, 6.45) is 2.44. The molecule has 14 nitrogen and oxygen atoms in total. The van der Waals surface area contributed by atoms with E-state index in [1.807, 2.05) is 0 Å². The lowest BCUT2D eigenvalue weighted by Crippen LogP contribution is -2.46. The summed E-state index contributed by atoms with van der Waals surface area (Å²) < 4.78 is 41.6. The van der Waals surface area contributed by atoms with Crippen molar-refractivity contribution in [1.29, 1.82) is 0 Å². The molecule has 2 aromatic carbocycles. The summed E-state index contributed by atoms with van der Waals surface area (Å²) in [6, 6.07) is 7.21. The van der Waals surface area contributed by atoms with Crippen molar-refractivity contribution in [3.8, 4) is 11.5 Å². The zero-order valence-corrected chi connectivity index (χ0v) is 26.5. The molecule has 252 valence electrons. The number of H-pyrrole nitrogens is 1. The maximum atomic E-state index is 15.2. The number of methoxy groups -OCH3 is 1. The number of ether oxygens (including phenoxy) is 5. The average Bonchev–Trinajstić information content (AvgIpc) is 3.69. The van der Waals surface area contributed by atoms with E-state index in [0.717, 1.165) is 0 Å². The Hall–Kier alpha value is -5.02. The Morgan fingerprint density at radius 3 is 2.45 bits per heavy atom. The SMILES string of the molecule is CCOCOc1ccc(OC)c(F)c1C(=O)c1ccc(C(=O)N[C@@H]2CN(C(=O)OC(C)(C)COC(=O)Cc3cn[nH]c3)C[C@H]2N)cc1. The minimum atomic E-state index is -1.13. The predicted octanol–water partition coefficient (Wildman–Crippen LogP) is 2.60. The molecule has 47 heavy (non-hydrogen) atoms. The molecule has 4 rings (SSSR count). The highest BCUT2D eigenvalue weighted by molar-refractivity contribution is 6.11. The molecule has 2 amide bonds. The first kappa shape index (κ1) is 34.8. The van der Waals surface area contributed by atoms with Crippen LogP contribution in [0.1, 0.15) is 52.6 Å². The maximum Gasteiger partial charge on any atom is 0.410 e. The molecule has 2 heterocycles. The fraction of sp³-hybridized carbons (Fsp3) is 0.406. The number of nitrogens with two attached hydrogens (primary N) is 1. The predicted molar refractivity (Wildman–Crippen MR) is 165 cm³/mol. The molecule has 1 saturated heterocycles. The number of aromatic nitrogens is 2. The third-order valence-corrected chi connectivity index (χ3v) is 7.21. The van der Waals surface area contributed by atoms with Crippen LogP contribution in [-0.2, 0) is 25.4 Å². The van der Waals surface area contributed by atoms with Crippen LogP contribution < -0.4 is 20.5 Å². The Kier molecular flexibility index (Phi) is 11.5. The molecule has 3 aromatic rings. The molecular weight excluding hydrogens is 617 g/mol. The molecule has 0 radical (unpaired) electrons. The van der Waals surface area contributed by atoms with Gasteiger partial charge in [0.25, 0.3) is 5.91 Å². The van der Waals surface area contributed by atoms with Gasteiger partial charge >= 0.3 is 12.1 Å². The first-order chi connectivity index (χ1) is 22.4. The van der Waals surface area contributed by atoms with Crippen molar-refractivity contribution < 1.29 is 47.3 Å². The van der Waals surface area contributed by atoms with Crippen molar-refractivity contribution in [3.63, 3.8) is 0 Å². The maximum absolute atomic E-state index is 15.2. The normalized spacial score (nSPS) is 16.0. The fourth-order valence-corrected chi connectivity index (χ4v) is 4.69. The largest absolute Gasteiger partial charge is 0.494 e. The van der Waals surface area contributed by atoms with Gasteiger partial charge in [0.1, 0.15) is 23.5 Å². The van der Waals surface area contributed by atoms with Crippen molar-refractivity contribution in [2.45, 2.75) is 44.9 Å². The van der Waals surface area contributed by atoms with Gasteiger partial charge in [0, 0.05) is 48.6 Å². The summed E-state index contributed by atoms with van der Waals surface area (Å²) in [6.45, 7) is 5.20. The molecule has 2 atom stereocenters. The highest BCUT2D eigenvalue weighted by Crippen LogP contribution is 2.31. The number of hydrogen-bond acceptors (Lipinski definition) is 11. The Morgan fingerprint density at radius 2 is 1.79 bits per heavy atom. The number of nitrogens with one attached hydrogen (secondary N) is 2. The lowest BCUT2D eigenvalue weighted by atomic mass is 10.00. The smallest absolute Gasteiger partial charge is 0.410 e. The van der Waals surface area contributed by atoms with Crippen LogP contribution in [0.4, 0.5) is 9.18 Å². The molecule has 1 aliphatic heterocycles. The Balaban J connectivity index is 1.33. The van der Waals surface area contributed by atoms with Crippen LogP contribution in [0.15, 0.2) is 48.8 Å². The summed E-state index contributed by atoms with van der Waals surface area (Å²) in [7, 11) is 1.28. The number of carbonyl (C=O) groups excluding carboxylic acids is 4. The second-order valence-electron chi connectivity index (χ2n) is 11.3. The lowest BCUT2D eigenvalue weighted by Gasteiger charge is -2.27. The van der Waals surface area contributed by atoms with Gasteiger partial charge in [-0.25, -0.2) is 9.18 Å². The van der Waals surface area contributed by atoms with Crippen molar-refractivity contribution in [2.24, 2.45) is 5.73 Å². The van der Waals surface area contributed by atoms with Gasteiger partial charge in [0.15, 0.2) is 24.1 Å². The number of amides is 2. The third kappa shape index (κ3) is 9.04. The van der Waals surface area contributed by atoms with E-state index in [9.17, 15) is 19.2 Å². The molecule has 0 unspecified atom stereocenters. The van der Waals surface area contributed by atoms with E-state index in [4.69, 9.17) is 29.4 Å². The van der Waals surface area contributed by atoms with E-state index in [2.05, 4.69) is 15.5 Å². The standard InChI is InChI=1S/C32H38FN5O9/c1-5-44-18-46-24-10-11-25(43-4)28(33)27(24)29(40)20-6-8-21(9-7-20)30(41)37-23-16-38(15-22(23)34)31(42)47-32(2,3)17-45-26(39)12-19-13-35-36-14-19/h6-11,13-14,22-23H,5,12,15-18,34H2,1-4H3,(H,35,36)(H,37,41)/t22-,23-/m1/s1. The number of esters is 1. The van der Waals surface area contributed by atoms with Crippen molar-refractivity contribution in [1.82, 2.24) is 20.4 Å². The minimum Gasteiger partial charge on any atom is -0.494 e. The summed E-state index contributed by atoms with van der Waals surface area (Å²) in [5, 5.41) is 9.20. The van der Waals surface area contributed by atoms with Gasteiger partial charge in [0.05, 0.1) is 25.8 Å². The summed E-state index contributed by atoms with van der Waals surface area (Å²) in [5.41, 5.74) is 5.76. The summed E-state index contributed by atoms with van der Waals surface area (Å²) in [4.78, 5) is 52.7. The molecule has 4 N–H and O–H groups in total. The summed E-state index contributed by atoms with van der Waals surface area (Å²) >= 11 is 0. The number of nitrogens with zero attached hydrogens (tertiary/aromatic N) is 2. The zero-order chi connectivity index (χ0) is 34.1. The van der Waals surface area contributed by atoms with Crippen LogP contribution >= 0.6 is 0 Å². The molecule has 0 saturated carbocycles. The summed E-state index contributed by atoms with van der Waals surface area (Å²) in [5.74, 6) is -2.70. The number of hydrogen-bond donors (Lipinski definition) is 3. The number of benzene rings is 2. The number of ketones is 1. The van der Waals surface area contributed by atoms with Gasteiger partial charge in [-0.2, -0.15) is 5.10 Å². The molecule has 1 aromatic heterocycles. The van der Waals surface area contributed by atoms with Crippen LogP contribution in [0, 0.1) is 5.82 Å². The van der Waals surface area contributed by atoms with Gasteiger partial charge in [-0.15, -0.1) is 0 Å². The van der Waals surface area contributed by atoms with Crippen molar-refractivity contribution >= 4 is 23.8 Å². The van der Waals surface area contributed by atoms with E-state index in [-0.39, 0.29) is 61.1 Å². The second-order valence-corrected chi connectivity index (χ2v) is 11.3. The Labute approximate surface area is 270 Å². The number of carbonyl (C=O) groups is 4. The first-order valence-corrected chi connectivity index (χ1v) is 14.8. The van der Waals surface area contributed by atoms with E-state index >= 15 is 4.39 Å². The van der Waals surface area contributed by atoms with Crippen LogP contribution in [0.2, 0.25) is 0 Å². The van der Waals surface area contributed by atoms with Gasteiger partial charge < -0.3 is 39.6 Å². The van der Waals surface area contributed by atoms with Gasteiger partial charge in [0.2, 0.25) is 0 Å². The first-order valence-electron chi connectivity index (χ1n) is 14.8. The molecule has 0 aliphatic carbocycles. The van der Waals surface area contributed by atoms with Gasteiger partial charge in [-0.1, -0.05) is 12.1 Å². The monoisotopic (exact) mass is 655 g/mol. The van der Waals surface area contributed by atoms with Crippen molar-refractivity contribution in [2.75, 3.05) is 40.2 Å².